The fraction of sp³-hybridized carbons (Fsp3) is 0.0588. The van der Waals surface area contributed by atoms with Crippen molar-refractivity contribution < 1.29 is 27.5 Å². The molecule has 0 saturated carbocycles. The first-order valence-electron chi connectivity index (χ1n) is 6.78. The molecule has 0 aromatic heterocycles. The van der Waals surface area contributed by atoms with Crippen LogP contribution in [0, 0.1) is 0 Å². The smallest absolute Gasteiger partial charge is 0.406 e. The summed E-state index contributed by atoms with van der Waals surface area (Å²) in [6.07, 6.45) is -2.60. The molecule has 0 radical (unpaired) electrons. The highest BCUT2D eigenvalue weighted by Crippen LogP contribution is 2.23. The van der Waals surface area contributed by atoms with Crippen molar-refractivity contribution in [2.24, 2.45) is 0 Å². The summed E-state index contributed by atoms with van der Waals surface area (Å²) < 4.78 is 39.8. The van der Waals surface area contributed by atoms with E-state index in [1.165, 1.54) is 12.1 Å². The molecular formula is C17H12F3NO3. The number of anilines is 1. The van der Waals surface area contributed by atoms with Crippen LogP contribution in [0.25, 0.3) is 0 Å². The van der Waals surface area contributed by atoms with E-state index in [9.17, 15) is 22.8 Å². The molecule has 2 aromatic rings. The van der Waals surface area contributed by atoms with Crippen molar-refractivity contribution in [1.82, 2.24) is 0 Å². The highest BCUT2D eigenvalue weighted by molar-refractivity contribution is 6.09. The minimum atomic E-state index is -4.77. The molecule has 0 spiro atoms. The van der Waals surface area contributed by atoms with Crippen molar-refractivity contribution >= 4 is 17.4 Å². The first-order valence-corrected chi connectivity index (χ1v) is 6.78. The van der Waals surface area contributed by atoms with Crippen LogP contribution in [0.1, 0.15) is 10.4 Å². The molecule has 0 atom stereocenters. The van der Waals surface area contributed by atoms with Crippen LogP contribution in [0.3, 0.4) is 0 Å². The minimum Gasteiger partial charge on any atom is -0.406 e. The van der Waals surface area contributed by atoms with Gasteiger partial charge in [-0.25, -0.2) is 0 Å². The number of carbonyl (C=O) groups is 2. The van der Waals surface area contributed by atoms with E-state index >= 15 is 0 Å². The van der Waals surface area contributed by atoms with Crippen molar-refractivity contribution in [1.29, 1.82) is 0 Å². The molecule has 4 nitrogen and oxygen atoms in total. The van der Waals surface area contributed by atoms with Gasteiger partial charge < -0.3 is 10.1 Å². The maximum Gasteiger partial charge on any atom is 0.573 e. The van der Waals surface area contributed by atoms with E-state index in [0.717, 1.165) is 24.3 Å². The summed E-state index contributed by atoms with van der Waals surface area (Å²) in [4.78, 5) is 23.5. The highest BCUT2D eigenvalue weighted by Gasteiger charge is 2.30. The Hall–Kier alpha value is -3.09. The number of ketones is 1. The third-order valence-corrected chi connectivity index (χ3v) is 2.80. The average Bonchev–Trinajstić information content (AvgIpc) is 2.54. The molecule has 2 aromatic carbocycles. The van der Waals surface area contributed by atoms with Crippen molar-refractivity contribution in [3.8, 4) is 5.75 Å². The predicted molar refractivity (Wildman–Crippen MR) is 81.7 cm³/mol. The second-order valence-corrected chi connectivity index (χ2v) is 4.63. The molecule has 1 amide bonds. The number of alkyl halides is 3. The van der Waals surface area contributed by atoms with Gasteiger partial charge in [-0.2, -0.15) is 0 Å². The van der Waals surface area contributed by atoms with E-state index in [1.54, 1.807) is 30.3 Å². The van der Waals surface area contributed by atoms with Crippen molar-refractivity contribution in [3.05, 3.63) is 72.3 Å². The first-order chi connectivity index (χ1) is 11.3. The van der Waals surface area contributed by atoms with Gasteiger partial charge in [-0.05, 0) is 30.3 Å². The Kier molecular flexibility index (Phi) is 5.36. The summed E-state index contributed by atoms with van der Waals surface area (Å²) in [7, 11) is 0. The van der Waals surface area contributed by atoms with Gasteiger partial charge in [0.2, 0.25) is 5.91 Å². The van der Waals surface area contributed by atoms with Crippen molar-refractivity contribution in [2.45, 2.75) is 6.36 Å². The molecule has 1 N–H and O–H groups in total. The van der Waals surface area contributed by atoms with Crippen LogP contribution >= 0.6 is 0 Å². The Balaban J connectivity index is 1.92. The summed E-state index contributed by atoms with van der Waals surface area (Å²) in [6.45, 7) is 0. The van der Waals surface area contributed by atoms with Crippen LogP contribution < -0.4 is 10.1 Å². The maximum atomic E-state index is 12.0. The number of halogens is 3. The van der Waals surface area contributed by atoms with Gasteiger partial charge in [0.15, 0.2) is 5.78 Å². The normalized spacial score (nSPS) is 11.3. The van der Waals surface area contributed by atoms with E-state index in [4.69, 9.17) is 0 Å². The molecule has 124 valence electrons. The van der Waals surface area contributed by atoms with Gasteiger partial charge >= 0.3 is 6.36 Å². The van der Waals surface area contributed by atoms with Gasteiger partial charge in [-0.15, -0.1) is 13.2 Å². The van der Waals surface area contributed by atoms with Crippen molar-refractivity contribution in [2.75, 3.05) is 5.32 Å². The number of nitrogens with one attached hydrogen (secondary N) is 1. The number of amides is 1. The van der Waals surface area contributed by atoms with Crippen LogP contribution in [0.2, 0.25) is 0 Å². The summed E-state index contributed by atoms with van der Waals surface area (Å²) in [5.74, 6) is -1.31. The van der Waals surface area contributed by atoms with Crippen LogP contribution in [0.5, 0.6) is 5.75 Å². The van der Waals surface area contributed by atoms with Gasteiger partial charge in [0.1, 0.15) is 5.75 Å². The standard InChI is InChI=1S/C17H12F3NO3/c18-17(19,20)24-14-8-6-13(7-9-14)21-16(23)11-10-15(22)12-4-2-1-3-5-12/h1-11H,(H,21,23)/b11-10+. The molecule has 0 aliphatic carbocycles. The Labute approximate surface area is 135 Å². The van der Waals surface area contributed by atoms with E-state index in [1.807, 2.05) is 0 Å². The Morgan fingerprint density at radius 3 is 2.12 bits per heavy atom. The molecule has 0 aliphatic heterocycles. The summed E-state index contributed by atoms with van der Waals surface area (Å²) >= 11 is 0. The highest BCUT2D eigenvalue weighted by atomic mass is 19.4. The molecule has 0 bridgehead atoms. The lowest BCUT2D eigenvalue weighted by atomic mass is 10.1. The molecule has 0 aliphatic rings. The van der Waals surface area contributed by atoms with Crippen LogP contribution in [0.4, 0.5) is 18.9 Å². The van der Waals surface area contributed by atoms with E-state index in [2.05, 4.69) is 10.1 Å². The molecule has 2 rings (SSSR count). The Morgan fingerprint density at radius 2 is 1.54 bits per heavy atom. The SMILES string of the molecule is O=C(/C=C/C(=O)c1ccccc1)Nc1ccc(OC(F)(F)F)cc1. The molecule has 0 heterocycles. The van der Waals surface area contributed by atoms with Crippen LogP contribution in [-0.2, 0) is 4.79 Å². The number of benzene rings is 2. The third kappa shape index (κ3) is 5.60. The molecular weight excluding hydrogens is 323 g/mol. The largest absolute Gasteiger partial charge is 0.573 e. The number of allylic oxidation sites excluding steroid dienone is 1. The van der Waals surface area contributed by atoms with Gasteiger partial charge in [0.05, 0.1) is 0 Å². The number of hydrogen-bond donors (Lipinski definition) is 1. The van der Waals surface area contributed by atoms with Crippen LogP contribution in [0.15, 0.2) is 66.7 Å². The summed E-state index contributed by atoms with van der Waals surface area (Å²) in [5, 5.41) is 2.42. The first kappa shape index (κ1) is 17.3. The zero-order valence-electron chi connectivity index (χ0n) is 12.2. The van der Waals surface area contributed by atoms with Crippen molar-refractivity contribution in [3.63, 3.8) is 0 Å². The number of ether oxygens (including phenoxy) is 1. The second-order valence-electron chi connectivity index (χ2n) is 4.63. The number of rotatable bonds is 5. The fourth-order valence-corrected chi connectivity index (χ4v) is 1.77. The summed E-state index contributed by atoms with van der Waals surface area (Å²) in [6, 6.07) is 13.0. The fourth-order valence-electron chi connectivity index (χ4n) is 1.77. The third-order valence-electron chi connectivity index (χ3n) is 2.80. The summed E-state index contributed by atoms with van der Waals surface area (Å²) in [5.41, 5.74) is 0.710. The lowest BCUT2D eigenvalue weighted by Gasteiger charge is -2.09. The number of hydrogen-bond acceptors (Lipinski definition) is 3. The van der Waals surface area contributed by atoms with E-state index < -0.39 is 18.0 Å². The predicted octanol–water partition coefficient (Wildman–Crippen LogP) is 3.96. The zero-order chi connectivity index (χ0) is 17.6. The molecule has 24 heavy (non-hydrogen) atoms. The number of carbonyl (C=O) groups excluding carboxylic acids is 2. The Morgan fingerprint density at radius 1 is 0.917 bits per heavy atom. The molecule has 0 unspecified atom stereocenters. The molecule has 7 heteroatoms. The lowest BCUT2D eigenvalue weighted by molar-refractivity contribution is -0.274. The quantitative estimate of drug-likeness (QED) is 0.665. The van der Waals surface area contributed by atoms with E-state index in [-0.39, 0.29) is 11.5 Å². The van der Waals surface area contributed by atoms with Gasteiger partial charge in [-0.3, -0.25) is 9.59 Å². The zero-order valence-corrected chi connectivity index (χ0v) is 12.2. The van der Waals surface area contributed by atoms with Gasteiger partial charge in [0, 0.05) is 17.3 Å². The molecule has 0 fully saturated rings. The minimum absolute atomic E-state index is 0.270. The Bertz CT molecular complexity index is 738. The lowest BCUT2D eigenvalue weighted by Crippen LogP contribution is -2.17. The second kappa shape index (κ2) is 7.45. The van der Waals surface area contributed by atoms with Gasteiger partial charge in [0.25, 0.3) is 0 Å². The van der Waals surface area contributed by atoms with E-state index in [0.29, 0.717) is 5.56 Å². The van der Waals surface area contributed by atoms with Crippen LogP contribution in [-0.4, -0.2) is 18.1 Å². The van der Waals surface area contributed by atoms with Gasteiger partial charge in [-0.1, -0.05) is 30.3 Å². The molecule has 0 saturated heterocycles. The monoisotopic (exact) mass is 335 g/mol. The maximum absolute atomic E-state index is 12.0. The average molecular weight is 335 g/mol. The topological polar surface area (TPSA) is 55.4 Å².